The lowest BCUT2D eigenvalue weighted by molar-refractivity contribution is -0.134. The molecule has 1 aliphatic heterocycles. The minimum atomic E-state index is -0.241. The number of fused-ring (bicyclic) bond motifs is 1. The van der Waals surface area contributed by atoms with Crippen molar-refractivity contribution in [1.29, 1.82) is 0 Å². The van der Waals surface area contributed by atoms with Crippen LogP contribution in [0.25, 0.3) is 0 Å². The zero-order valence-electron chi connectivity index (χ0n) is 17.8. The van der Waals surface area contributed by atoms with E-state index >= 15 is 0 Å². The van der Waals surface area contributed by atoms with Crippen LogP contribution in [0.5, 0.6) is 5.75 Å². The molecule has 0 saturated heterocycles. The maximum atomic E-state index is 13.3. The fourth-order valence-electron chi connectivity index (χ4n) is 3.93. The lowest BCUT2D eigenvalue weighted by Gasteiger charge is -2.36. The first kappa shape index (κ1) is 22.8. The van der Waals surface area contributed by atoms with Crippen LogP contribution in [0.2, 0.25) is 5.02 Å². The summed E-state index contributed by atoms with van der Waals surface area (Å²) in [4.78, 5) is 32.0. The second kappa shape index (κ2) is 10.0. The van der Waals surface area contributed by atoms with E-state index < -0.39 is 0 Å². The second-order valence-electron chi connectivity index (χ2n) is 7.62. The second-order valence-corrected chi connectivity index (χ2v) is 10.0. The first-order valence-electron chi connectivity index (χ1n) is 10.2. The van der Waals surface area contributed by atoms with Gasteiger partial charge in [-0.05, 0) is 60.1 Å². The Morgan fingerprint density at radius 3 is 2.81 bits per heavy atom. The van der Waals surface area contributed by atoms with Gasteiger partial charge >= 0.3 is 0 Å². The minimum Gasteiger partial charge on any atom is -0.495 e. The summed E-state index contributed by atoms with van der Waals surface area (Å²) in [6.07, 6.45) is 0.860. The molecular formula is C23H24ClN3O3S2. The number of ether oxygens (including phenoxy) is 1. The molecule has 0 radical (unpaired) electrons. The topological polar surface area (TPSA) is 61.9 Å². The van der Waals surface area contributed by atoms with Crippen molar-refractivity contribution in [3.05, 3.63) is 67.5 Å². The van der Waals surface area contributed by atoms with Gasteiger partial charge in [-0.1, -0.05) is 17.7 Å². The van der Waals surface area contributed by atoms with Gasteiger partial charge < -0.3 is 15.0 Å². The number of halogens is 1. The Hall–Kier alpha value is -2.39. The van der Waals surface area contributed by atoms with Gasteiger partial charge in [0.25, 0.3) is 0 Å². The summed E-state index contributed by atoms with van der Waals surface area (Å²) >= 11 is 9.45. The van der Waals surface area contributed by atoms with Gasteiger partial charge in [0.2, 0.25) is 11.8 Å². The van der Waals surface area contributed by atoms with Crippen LogP contribution < -0.4 is 10.1 Å². The van der Waals surface area contributed by atoms with Crippen molar-refractivity contribution in [2.75, 3.05) is 39.1 Å². The Balaban J connectivity index is 1.41. The molecule has 0 bridgehead atoms. The summed E-state index contributed by atoms with van der Waals surface area (Å²) in [5.74, 6) is 0.297. The zero-order valence-corrected chi connectivity index (χ0v) is 20.2. The molecule has 1 atom stereocenters. The van der Waals surface area contributed by atoms with E-state index in [0.29, 0.717) is 23.0 Å². The first-order chi connectivity index (χ1) is 15.5. The van der Waals surface area contributed by atoms with Crippen LogP contribution in [-0.4, -0.2) is 55.4 Å². The van der Waals surface area contributed by atoms with Gasteiger partial charge in [-0.3, -0.25) is 14.5 Å². The molecule has 3 aromatic rings. The quantitative estimate of drug-likeness (QED) is 0.530. The van der Waals surface area contributed by atoms with Crippen molar-refractivity contribution in [1.82, 2.24) is 9.80 Å². The molecule has 2 aromatic heterocycles. The highest BCUT2D eigenvalue weighted by molar-refractivity contribution is 7.10. The molecule has 0 fully saturated rings. The third-order valence-electron chi connectivity index (χ3n) is 5.35. The third kappa shape index (κ3) is 4.99. The lowest BCUT2D eigenvalue weighted by Crippen LogP contribution is -2.45. The molecule has 168 valence electrons. The molecule has 2 amide bonds. The van der Waals surface area contributed by atoms with Gasteiger partial charge in [0.1, 0.15) is 5.75 Å². The van der Waals surface area contributed by atoms with Crippen molar-refractivity contribution in [2.45, 2.75) is 12.5 Å². The van der Waals surface area contributed by atoms with Gasteiger partial charge in [0.05, 0.1) is 31.9 Å². The number of hydrogen-bond donors (Lipinski definition) is 1. The average Bonchev–Trinajstić information content (AvgIpc) is 3.45. The fourth-order valence-corrected chi connectivity index (χ4v) is 5.86. The Morgan fingerprint density at radius 2 is 2.06 bits per heavy atom. The first-order valence-corrected chi connectivity index (χ1v) is 12.3. The lowest BCUT2D eigenvalue weighted by atomic mass is 9.98. The number of rotatable bonds is 7. The number of anilines is 1. The van der Waals surface area contributed by atoms with Crippen LogP contribution >= 0.6 is 34.3 Å². The van der Waals surface area contributed by atoms with E-state index in [-0.39, 0.29) is 30.9 Å². The highest BCUT2D eigenvalue weighted by atomic mass is 35.5. The van der Waals surface area contributed by atoms with Crippen LogP contribution in [0.15, 0.2) is 47.2 Å². The summed E-state index contributed by atoms with van der Waals surface area (Å²) in [6, 6.07) is 11.2. The van der Waals surface area contributed by atoms with E-state index in [9.17, 15) is 9.59 Å². The molecule has 3 heterocycles. The van der Waals surface area contributed by atoms with Gasteiger partial charge in [-0.25, -0.2) is 0 Å². The zero-order chi connectivity index (χ0) is 22.7. The number of hydrogen-bond acceptors (Lipinski definition) is 6. The molecule has 0 spiro atoms. The number of carbonyl (C=O) groups excluding carboxylic acids is 2. The smallest absolute Gasteiger partial charge is 0.238 e. The molecule has 6 nitrogen and oxygen atoms in total. The van der Waals surface area contributed by atoms with Crippen LogP contribution in [0, 0.1) is 0 Å². The van der Waals surface area contributed by atoms with E-state index in [1.54, 1.807) is 52.8 Å². The number of carbonyl (C=O) groups is 2. The summed E-state index contributed by atoms with van der Waals surface area (Å²) < 4.78 is 5.27. The van der Waals surface area contributed by atoms with E-state index in [4.69, 9.17) is 16.3 Å². The molecule has 32 heavy (non-hydrogen) atoms. The highest BCUT2D eigenvalue weighted by Crippen LogP contribution is 2.39. The molecule has 0 saturated carbocycles. The van der Waals surface area contributed by atoms with Crippen molar-refractivity contribution in [3.8, 4) is 5.75 Å². The van der Waals surface area contributed by atoms with E-state index in [0.717, 1.165) is 11.3 Å². The summed E-state index contributed by atoms with van der Waals surface area (Å²) in [7, 11) is 3.30. The number of amides is 2. The maximum absolute atomic E-state index is 13.3. The standard InChI is InChI=1S/C23H24ClN3O3S2/c1-26(13-21(28)25-17-12-15(24)5-6-18(17)30-2)14-22(29)27-9-7-19-16(8-11-32-19)23(27)20-4-3-10-31-20/h3-6,8,10-12,23H,7,9,13-14H2,1-2H3,(H,25,28). The Bertz CT molecular complexity index is 1100. The number of likely N-dealkylation sites (N-methyl/N-ethyl adjacent to an activating group) is 1. The summed E-state index contributed by atoms with van der Waals surface area (Å²) in [6.45, 7) is 0.902. The van der Waals surface area contributed by atoms with Gasteiger partial charge in [0, 0.05) is 21.3 Å². The Morgan fingerprint density at radius 1 is 1.22 bits per heavy atom. The van der Waals surface area contributed by atoms with E-state index in [1.807, 2.05) is 16.3 Å². The fraction of sp³-hybridized carbons (Fsp3) is 0.304. The van der Waals surface area contributed by atoms with Gasteiger partial charge in [0.15, 0.2) is 0 Å². The van der Waals surface area contributed by atoms with E-state index in [1.165, 1.54) is 17.6 Å². The molecule has 0 aliphatic carbocycles. The van der Waals surface area contributed by atoms with Crippen molar-refractivity contribution in [2.24, 2.45) is 0 Å². The van der Waals surface area contributed by atoms with Crippen LogP contribution in [-0.2, 0) is 16.0 Å². The van der Waals surface area contributed by atoms with Crippen molar-refractivity contribution in [3.63, 3.8) is 0 Å². The third-order valence-corrected chi connectivity index (χ3v) is 7.51. The largest absolute Gasteiger partial charge is 0.495 e. The molecule has 1 unspecified atom stereocenters. The van der Waals surface area contributed by atoms with Gasteiger partial charge in [-0.2, -0.15) is 0 Å². The predicted molar refractivity (Wildman–Crippen MR) is 130 cm³/mol. The number of nitrogens with zero attached hydrogens (tertiary/aromatic N) is 2. The molecule has 1 aromatic carbocycles. The van der Waals surface area contributed by atoms with Crippen molar-refractivity contribution < 1.29 is 14.3 Å². The predicted octanol–water partition coefficient (Wildman–Crippen LogP) is 4.52. The van der Waals surface area contributed by atoms with Crippen molar-refractivity contribution >= 4 is 51.8 Å². The minimum absolute atomic E-state index is 0.0101. The molecular weight excluding hydrogens is 466 g/mol. The Labute approximate surface area is 200 Å². The monoisotopic (exact) mass is 489 g/mol. The molecule has 4 rings (SSSR count). The highest BCUT2D eigenvalue weighted by Gasteiger charge is 2.33. The Kier molecular flexibility index (Phi) is 7.15. The summed E-state index contributed by atoms with van der Waals surface area (Å²) in [5.41, 5.74) is 1.72. The van der Waals surface area contributed by atoms with Gasteiger partial charge in [-0.15, -0.1) is 22.7 Å². The van der Waals surface area contributed by atoms with Crippen LogP contribution in [0.3, 0.4) is 0 Å². The van der Waals surface area contributed by atoms with Crippen LogP contribution in [0.1, 0.15) is 21.4 Å². The van der Waals surface area contributed by atoms with E-state index in [2.05, 4.69) is 22.8 Å². The molecule has 9 heteroatoms. The average molecular weight is 490 g/mol. The van der Waals surface area contributed by atoms with Crippen LogP contribution in [0.4, 0.5) is 5.69 Å². The number of methoxy groups -OCH3 is 1. The molecule has 1 aliphatic rings. The SMILES string of the molecule is COc1ccc(Cl)cc1NC(=O)CN(C)CC(=O)N1CCc2sccc2C1c1cccs1. The molecule has 1 N–H and O–H groups in total. The maximum Gasteiger partial charge on any atom is 0.238 e. The number of benzene rings is 1. The number of thiophene rings is 2. The summed E-state index contributed by atoms with van der Waals surface area (Å²) in [5, 5.41) is 7.45. The normalized spacial score (nSPS) is 15.5. The number of nitrogens with one attached hydrogen (secondary N) is 1.